The van der Waals surface area contributed by atoms with E-state index in [1.165, 1.54) is 5.69 Å². The van der Waals surface area contributed by atoms with Gasteiger partial charge in [0.15, 0.2) is 0 Å². The molecule has 1 heterocycles. The predicted octanol–water partition coefficient (Wildman–Crippen LogP) is 0.847. The van der Waals surface area contributed by atoms with Gasteiger partial charge in [-0.15, -0.1) is 0 Å². The average Bonchev–Trinajstić information content (AvgIpc) is 2.18. The summed E-state index contributed by atoms with van der Waals surface area (Å²) in [5.41, 5.74) is 7.95. The summed E-state index contributed by atoms with van der Waals surface area (Å²) in [7, 11) is 0. The number of aryl methyl sites for hydroxylation is 1. The number of aromatic nitrogens is 2. The van der Waals surface area contributed by atoms with Gasteiger partial charge in [0, 0.05) is 18.3 Å². The van der Waals surface area contributed by atoms with E-state index in [2.05, 4.69) is 16.5 Å². The minimum atomic E-state index is 0.197. The molecule has 3 nitrogen and oxygen atoms in total. The largest absolute Gasteiger partial charge is 0.333 e. The first kappa shape index (κ1) is 8.27. The molecule has 0 aliphatic rings. The van der Waals surface area contributed by atoms with Gasteiger partial charge in [0.2, 0.25) is 0 Å². The van der Waals surface area contributed by atoms with E-state index < -0.39 is 0 Å². The van der Waals surface area contributed by atoms with Crippen LogP contribution in [0.2, 0.25) is 0 Å². The van der Waals surface area contributed by atoms with Crippen molar-refractivity contribution in [2.75, 3.05) is 0 Å². The first-order valence-corrected chi connectivity index (χ1v) is 3.85. The van der Waals surface area contributed by atoms with Crippen LogP contribution in [-0.4, -0.2) is 15.6 Å². The number of hydrogen-bond donors (Lipinski definition) is 1. The van der Waals surface area contributed by atoms with Gasteiger partial charge in [0.1, 0.15) is 0 Å². The fraction of sp³-hybridized carbons (Fsp3) is 0.625. The number of nitrogens with zero attached hydrogens (tertiary/aromatic N) is 2. The van der Waals surface area contributed by atoms with Crippen molar-refractivity contribution in [3.63, 3.8) is 0 Å². The molecule has 0 radical (unpaired) electrons. The molecule has 0 fully saturated rings. The summed E-state index contributed by atoms with van der Waals surface area (Å²) in [5.74, 6) is 0. The van der Waals surface area contributed by atoms with E-state index in [9.17, 15) is 0 Å². The van der Waals surface area contributed by atoms with Crippen LogP contribution in [0, 0.1) is 13.8 Å². The fourth-order valence-corrected chi connectivity index (χ4v) is 1.04. The Morgan fingerprint density at radius 3 is 2.64 bits per heavy atom. The lowest BCUT2D eigenvalue weighted by atomic mass is 10.3. The summed E-state index contributed by atoms with van der Waals surface area (Å²) in [6.07, 6.45) is 1.84. The molecule has 62 valence electrons. The van der Waals surface area contributed by atoms with Crippen molar-refractivity contribution in [2.24, 2.45) is 5.73 Å². The van der Waals surface area contributed by atoms with E-state index in [0.29, 0.717) is 0 Å². The standard InChI is InChI=1S/C8H15N3/c1-6(9)4-11-5-10-7(2)8(11)3/h5-6H,4,9H2,1-3H3. The Morgan fingerprint density at radius 1 is 1.64 bits per heavy atom. The van der Waals surface area contributed by atoms with Crippen LogP contribution in [0.4, 0.5) is 0 Å². The predicted molar refractivity (Wildman–Crippen MR) is 45.4 cm³/mol. The summed E-state index contributed by atoms with van der Waals surface area (Å²) in [6, 6.07) is 0.197. The zero-order valence-corrected chi connectivity index (χ0v) is 7.33. The maximum atomic E-state index is 5.65. The Hall–Kier alpha value is -0.830. The summed E-state index contributed by atoms with van der Waals surface area (Å²) in [5, 5.41) is 0. The number of nitrogens with two attached hydrogens (primary N) is 1. The van der Waals surface area contributed by atoms with Crippen molar-refractivity contribution in [3.05, 3.63) is 17.7 Å². The van der Waals surface area contributed by atoms with Crippen molar-refractivity contribution in [1.82, 2.24) is 9.55 Å². The van der Waals surface area contributed by atoms with E-state index >= 15 is 0 Å². The van der Waals surface area contributed by atoms with Crippen LogP contribution in [0.15, 0.2) is 6.33 Å². The molecule has 0 bridgehead atoms. The molecule has 0 saturated carbocycles. The highest BCUT2D eigenvalue weighted by molar-refractivity contribution is 5.08. The Bertz CT molecular complexity index is 237. The molecule has 2 N–H and O–H groups in total. The Kier molecular flexibility index (Phi) is 2.29. The highest BCUT2D eigenvalue weighted by Crippen LogP contribution is 2.03. The van der Waals surface area contributed by atoms with Gasteiger partial charge in [-0.1, -0.05) is 0 Å². The van der Waals surface area contributed by atoms with E-state index in [-0.39, 0.29) is 6.04 Å². The smallest absolute Gasteiger partial charge is 0.0951 e. The lowest BCUT2D eigenvalue weighted by Gasteiger charge is -2.07. The van der Waals surface area contributed by atoms with Gasteiger partial charge in [-0.3, -0.25) is 0 Å². The zero-order chi connectivity index (χ0) is 8.43. The van der Waals surface area contributed by atoms with Gasteiger partial charge in [-0.05, 0) is 20.8 Å². The van der Waals surface area contributed by atoms with Crippen LogP contribution < -0.4 is 5.73 Å². The topological polar surface area (TPSA) is 43.8 Å². The Balaban J connectivity index is 2.79. The van der Waals surface area contributed by atoms with E-state index in [1.54, 1.807) is 0 Å². The van der Waals surface area contributed by atoms with E-state index in [0.717, 1.165) is 12.2 Å². The number of hydrogen-bond acceptors (Lipinski definition) is 2. The monoisotopic (exact) mass is 153 g/mol. The molecule has 11 heavy (non-hydrogen) atoms. The van der Waals surface area contributed by atoms with Crippen LogP contribution in [-0.2, 0) is 6.54 Å². The van der Waals surface area contributed by atoms with Gasteiger partial charge < -0.3 is 10.3 Å². The molecule has 1 rings (SSSR count). The number of rotatable bonds is 2. The van der Waals surface area contributed by atoms with Crippen molar-refractivity contribution < 1.29 is 0 Å². The molecule has 1 unspecified atom stereocenters. The zero-order valence-electron chi connectivity index (χ0n) is 7.33. The highest BCUT2D eigenvalue weighted by Gasteiger charge is 2.02. The molecule has 0 aliphatic carbocycles. The second-order valence-electron chi connectivity index (χ2n) is 3.05. The molecule has 1 aromatic heterocycles. The molecular formula is C8H15N3. The van der Waals surface area contributed by atoms with Crippen LogP contribution in [0.3, 0.4) is 0 Å². The minimum Gasteiger partial charge on any atom is -0.333 e. The van der Waals surface area contributed by atoms with Gasteiger partial charge >= 0.3 is 0 Å². The second kappa shape index (κ2) is 3.05. The van der Waals surface area contributed by atoms with Crippen LogP contribution in [0.1, 0.15) is 18.3 Å². The third-order valence-corrected chi connectivity index (χ3v) is 1.83. The fourth-order valence-electron chi connectivity index (χ4n) is 1.04. The molecule has 1 atom stereocenters. The van der Waals surface area contributed by atoms with Crippen molar-refractivity contribution in [3.8, 4) is 0 Å². The molecule has 0 amide bonds. The van der Waals surface area contributed by atoms with Gasteiger partial charge in [-0.25, -0.2) is 4.98 Å². The Labute approximate surface area is 67.2 Å². The summed E-state index contributed by atoms with van der Waals surface area (Å²) < 4.78 is 2.08. The molecular weight excluding hydrogens is 138 g/mol. The minimum absolute atomic E-state index is 0.197. The summed E-state index contributed by atoms with van der Waals surface area (Å²) in [6.45, 7) is 6.92. The normalized spacial score (nSPS) is 13.5. The van der Waals surface area contributed by atoms with E-state index in [1.807, 2.05) is 20.2 Å². The first-order valence-electron chi connectivity index (χ1n) is 3.85. The van der Waals surface area contributed by atoms with Crippen LogP contribution >= 0.6 is 0 Å². The molecule has 0 aliphatic heterocycles. The van der Waals surface area contributed by atoms with Gasteiger partial charge in [0.25, 0.3) is 0 Å². The van der Waals surface area contributed by atoms with Crippen molar-refractivity contribution >= 4 is 0 Å². The molecule has 3 heteroatoms. The van der Waals surface area contributed by atoms with Crippen molar-refractivity contribution in [1.29, 1.82) is 0 Å². The summed E-state index contributed by atoms with van der Waals surface area (Å²) in [4.78, 5) is 4.18. The molecule has 0 spiro atoms. The Morgan fingerprint density at radius 2 is 2.27 bits per heavy atom. The molecule has 1 aromatic rings. The third-order valence-electron chi connectivity index (χ3n) is 1.83. The molecule has 0 aromatic carbocycles. The summed E-state index contributed by atoms with van der Waals surface area (Å²) >= 11 is 0. The van der Waals surface area contributed by atoms with Crippen LogP contribution in [0.25, 0.3) is 0 Å². The number of imidazole rings is 1. The maximum absolute atomic E-state index is 5.65. The van der Waals surface area contributed by atoms with Crippen LogP contribution in [0.5, 0.6) is 0 Å². The molecule has 0 saturated heterocycles. The quantitative estimate of drug-likeness (QED) is 0.684. The third kappa shape index (κ3) is 1.80. The van der Waals surface area contributed by atoms with E-state index in [4.69, 9.17) is 5.73 Å². The lowest BCUT2D eigenvalue weighted by Crippen LogP contribution is -2.22. The lowest BCUT2D eigenvalue weighted by molar-refractivity contribution is 0.579. The van der Waals surface area contributed by atoms with Gasteiger partial charge in [0.05, 0.1) is 12.0 Å². The van der Waals surface area contributed by atoms with Crippen molar-refractivity contribution in [2.45, 2.75) is 33.4 Å². The first-order chi connectivity index (χ1) is 5.11. The SMILES string of the molecule is Cc1ncn(CC(C)N)c1C. The van der Waals surface area contributed by atoms with Gasteiger partial charge in [-0.2, -0.15) is 0 Å². The second-order valence-corrected chi connectivity index (χ2v) is 3.05. The average molecular weight is 153 g/mol. The highest BCUT2D eigenvalue weighted by atomic mass is 15.1. The maximum Gasteiger partial charge on any atom is 0.0951 e.